The number of ether oxygens (including phenoxy) is 2. The number of nitrogens with one attached hydrogen (secondary N) is 1. The van der Waals surface area contributed by atoms with Gasteiger partial charge in [-0.05, 0) is 19.3 Å². The molecule has 2 aliphatic heterocycles. The molecule has 5 nitrogen and oxygen atoms in total. The molecule has 0 spiro atoms. The Labute approximate surface area is 102 Å². The zero-order valence-corrected chi connectivity index (χ0v) is 10.6. The topological polar surface area (TPSA) is 50.8 Å². The second-order valence-corrected chi connectivity index (χ2v) is 4.92. The molecule has 0 aliphatic carbocycles. The number of hydrogen-bond donors (Lipinski definition) is 1. The largest absolute Gasteiger partial charge is 0.382 e. The molecule has 2 rings (SSSR count). The molecule has 2 saturated heterocycles. The van der Waals surface area contributed by atoms with Crippen molar-refractivity contribution in [2.45, 2.75) is 25.4 Å². The minimum atomic E-state index is 0.116. The standard InChI is InChI=1S/C12H22N2O3/c1-9-5-10-6-13-7-11(10)14(9)12(15)8-17-4-3-16-2/h9-11,13H,3-8H2,1-2H3. The van der Waals surface area contributed by atoms with Crippen LogP contribution in [0.5, 0.6) is 0 Å². The van der Waals surface area contributed by atoms with E-state index in [0.29, 0.717) is 31.2 Å². The summed E-state index contributed by atoms with van der Waals surface area (Å²) in [6.07, 6.45) is 1.11. The summed E-state index contributed by atoms with van der Waals surface area (Å²) in [4.78, 5) is 14.1. The number of carbonyl (C=O) groups excluding carboxylic acids is 1. The van der Waals surface area contributed by atoms with Gasteiger partial charge in [0.1, 0.15) is 6.61 Å². The fraction of sp³-hybridized carbons (Fsp3) is 0.917. The molecule has 17 heavy (non-hydrogen) atoms. The molecule has 2 heterocycles. The van der Waals surface area contributed by atoms with Crippen LogP contribution in [0.1, 0.15) is 13.3 Å². The average Bonchev–Trinajstić information content (AvgIpc) is 2.83. The van der Waals surface area contributed by atoms with Gasteiger partial charge in [0.15, 0.2) is 0 Å². The Balaban J connectivity index is 1.81. The molecule has 1 N–H and O–H groups in total. The van der Waals surface area contributed by atoms with Crippen molar-refractivity contribution in [2.24, 2.45) is 5.92 Å². The smallest absolute Gasteiger partial charge is 0.249 e. The highest BCUT2D eigenvalue weighted by Gasteiger charge is 2.43. The monoisotopic (exact) mass is 242 g/mol. The van der Waals surface area contributed by atoms with Crippen molar-refractivity contribution in [3.63, 3.8) is 0 Å². The van der Waals surface area contributed by atoms with Gasteiger partial charge in [-0.25, -0.2) is 0 Å². The number of nitrogens with zero attached hydrogens (tertiary/aromatic N) is 1. The third kappa shape index (κ3) is 2.78. The average molecular weight is 242 g/mol. The second-order valence-electron chi connectivity index (χ2n) is 4.92. The maximum atomic E-state index is 12.1. The van der Waals surface area contributed by atoms with Crippen LogP contribution < -0.4 is 5.32 Å². The van der Waals surface area contributed by atoms with Gasteiger partial charge < -0.3 is 19.7 Å². The lowest BCUT2D eigenvalue weighted by Gasteiger charge is -2.27. The van der Waals surface area contributed by atoms with E-state index in [1.54, 1.807) is 7.11 Å². The Morgan fingerprint density at radius 1 is 1.41 bits per heavy atom. The molecule has 3 unspecified atom stereocenters. The van der Waals surface area contributed by atoms with Crippen LogP contribution in [0.2, 0.25) is 0 Å². The maximum absolute atomic E-state index is 12.1. The molecule has 0 aromatic heterocycles. The van der Waals surface area contributed by atoms with Crippen molar-refractivity contribution in [2.75, 3.05) is 40.0 Å². The van der Waals surface area contributed by atoms with Gasteiger partial charge in [0, 0.05) is 32.3 Å². The van der Waals surface area contributed by atoms with Crippen LogP contribution in [-0.2, 0) is 14.3 Å². The summed E-state index contributed by atoms with van der Waals surface area (Å²) in [5.41, 5.74) is 0. The molecule has 2 aliphatic rings. The van der Waals surface area contributed by atoms with E-state index < -0.39 is 0 Å². The summed E-state index contributed by atoms with van der Waals surface area (Å²) >= 11 is 0. The summed E-state index contributed by atoms with van der Waals surface area (Å²) in [5.74, 6) is 0.748. The molecule has 0 aromatic rings. The highest BCUT2D eigenvalue weighted by molar-refractivity contribution is 5.78. The SMILES string of the molecule is COCCOCC(=O)N1C(C)CC2CNCC21. The van der Waals surface area contributed by atoms with E-state index in [1.165, 1.54) is 0 Å². The zero-order valence-electron chi connectivity index (χ0n) is 10.6. The normalized spacial score (nSPS) is 31.9. The van der Waals surface area contributed by atoms with Gasteiger partial charge in [0.25, 0.3) is 0 Å². The van der Waals surface area contributed by atoms with Gasteiger partial charge in [-0.15, -0.1) is 0 Å². The zero-order chi connectivity index (χ0) is 12.3. The summed E-state index contributed by atoms with van der Waals surface area (Å²) in [6, 6.07) is 0.731. The quantitative estimate of drug-likeness (QED) is 0.682. The first-order chi connectivity index (χ1) is 8.24. The molecule has 98 valence electrons. The van der Waals surface area contributed by atoms with E-state index >= 15 is 0 Å². The fourth-order valence-corrected chi connectivity index (χ4v) is 2.97. The predicted octanol–water partition coefficient (Wildman–Crippen LogP) is -0.142. The minimum absolute atomic E-state index is 0.116. The van der Waals surface area contributed by atoms with Gasteiger partial charge in [-0.2, -0.15) is 0 Å². The van der Waals surface area contributed by atoms with E-state index in [0.717, 1.165) is 19.5 Å². The lowest BCUT2D eigenvalue weighted by atomic mass is 10.0. The van der Waals surface area contributed by atoms with E-state index in [1.807, 2.05) is 4.90 Å². The molecular formula is C12H22N2O3. The first-order valence-electron chi connectivity index (χ1n) is 6.32. The van der Waals surface area contributed by atoms with Crippen molar-refractivity contribution in [3.05, 3.63) is 0 Å². The van der Waals surface area contributed by atoms with Crippen molar-refractivity contribution in [1.29, 1.82) is 0 Å². The highest BCUT2D eigenvalue weighted by atomic mass is 16.5. The van der Waals surface area contributed by atoms with E-state index in [2.05, 4.69) is 12.2 Å². The summed E-state index contributed by atoms with van der Waals surface area (Å²) in [6.45, 7) is 5.30. The second kappa shape index (κ2) is 5.80. The summed E-state index contributed by atoms with van der Waals surface area (Å²) in [7, 11) is 1.63. The lowest BCUT2D eigenvalue weighted by molar-refractivity contribution is -0.139. The number of fused-ring (bicyclic) bond motifs is 1. The molecule has 1 amide bonds. The minimum Gasteiger partial charge on any atom is -0.382 e. The number of methoxy groups -OCH3 is 1. The van der Waals surface area contributed by atoms with Crippen molar-refractivity contribution < 1.29 is 14.3 Å². The predicted molar refractivity (Wildman–Crippen MR) is 63.8 cm³/mol. The lowest BCUT2D eigenvalue weighted by Crippen LogP contribution is -2.44. The van der Waals surface area contributed by atoms with Gasteiger partial charge in [0.05, 0.1) is 13.2 Å². The van der Waals surface area contributed by atoms with Crippen molar-refractivity contribution >= 4 is 5.91 Å². The summed E-state index contributed by atoms with van der Waals surface area (Å²) in [5, 5.41) is 3.35. The first kappa shape index (κ1) is 12.8. The van der Waals surface area contributed by atoms with Crippen LogP contribution in [0.25, 0.3) is 0 Å². The Bertz CT molecular complexity index is 272. The van der Waals surface area contributed by atoms with E-state index in [4.69, 9.17) is 9.47 Å². The van der Waals surface area contributed by atoms with Crippen LogP contribution in [0.4, 0.5) is 0 Å². The Morgan fingerprint density at radius 2 is 2.24 bits per heavy atom. The number of amides is 1. The first-order valence-corrected chi connectivity index (χ1v) is 6.32. The number of likely N-dealkylation sites (tertiary alicyclic amines) is 1. The maximum Gasteiger partial charge on any atom is 0.249 e. The summed E-state index contributed by atoms with van der Waals surface area (Å²) < 4.78 is 10.2. The molecule has 0 bridgehead atoms. The molecule has 5 heteroatoms. The molecule has 3 atom stereocenters. The van der Waals surface area contributed by atoms with Gasteiger partial charge >= 0.3 is 0 Å². The van der Waals surface area contributed by atoms with E-state index in [-0.39, 0.29) is 12.5 Å². The number of hydrogen-bond acceptors (Lipinski definition) is 4. The van der Waals surface area contributed by atoms with E-state index in [9.17, 15) is 4.79 Å². The van der Waals surface area contributed by atoms with Crippen molar-refractivity contribution in [3.8, 4) is 0 Å². The Morgan fingerprint density at radius 3 is 3.00 bits per heavy atom. The fourth-order valence-electron chi connectivity index (χ4n) is 2.97. The third-order valence-electron chi connectivity index (χ3n) is 3.73. The molecule has 0 radical (unpaired) electrons. The molecule has 0 saturated carbocycles. The molecular weight excluding hydrogens is 220 g/mol. The van der Waals surface area contributed by atoms with Crippen LogP contribution >= 0.6 is 0 Å². The van der Waals surface area contributed by atoms with Crippen LogP contribution in [0.3, 0.4) is 0 Å². The third-order valence-corrected chi connectivity index (χ3v) is 3.73. The van der Waals surface area contributed by atoms with Gasteiger partial charge in [-0.1, -0.05) is 0 Å². The van der Waals surface area contributed by atoms with Crippen LogP contribution in [0, 0.1) is 5.92 Å². The van der Waals surface area contributed by atoms with Crippen LogP contribution in [0.15, 0.2) is 0 Å². The molecule has 2 fully saturated rings. The number of carbonyl (C=O) groups is 1. The Hall–Kier alpha value is -0.650. The van der Waals surface area contributed by atoms with Gasteiger partial charge in [-0.3, -0.25) is 4.79 Å². The van der Waals surface area contributed by atoms with Gasteiger partial charge in [0.2, 0.25) is 5.91 Å². The number of rotatable bonds is 5. The highest BCUT2D eigenvalue weighted by Crippen LogP contribution is 2.32. The van der Waals surface area contributed by atoms with Crippen molar-refractivity contribution in [1.82, 2.24) is 10.2 Å². The van der Waals surface area contributed by atoms with Crippen LogP contribution in [-0.4, -0.2) is 62.9 Å². The Kier molecular flexibility index (Phi) is 4.36. The molecule has 0 aromatic carbocycles.